The van der Waals surface area contributed by atoms with E-state index >= 15 is 0 Å². The molecule has 0 aliphatic heterocycles. The van der Waals surface area contributed by atoms with Gasteiger partial charge in [-0.3, -0.25) is 0 Å². The minimum absolute atomic E-state index is 0.0609. The molecular formula is C18H22BCl2NO. The van der Waals surface area contributed by atoms with Gasteiger partial charge >= 0.3 is 6.92 Å². The molecule has 2 aromatic rings. The van der Waals surface area contributed by atoms with Gasteiger partial charge in [0.2, 0.25) is 0 Å². The zero-order chi connectivity index (χ0) is 17.0. The van der Waals surface area contributed by atoms with Crippen LogP contribution in [0.15, 0.2) is 36.4 Å². The molecular weight excluding hydrogens is 328 g/mol. The SMILES string of the molecule is Cc1ccc(OB(CCN(C)C)c2ccc(C)c(Cl)c2)cc1Cl. The van der Waals surface area contributed by atoms with Gasteiger partial charge in [0.05, 0.1) is 0 Å². The number of aryl methyl sites for hydroxylation is 2. The van der Waals surface area contributed by atoms with Crippen LogP contribution in [-0.2, 0) is 0 Å². The number of halogens is 2. The van der Waals surface area contributed by atoms with E-state index in [1.165, 1.54) is 0 Å². The molecule has 0 unspecified atom stereocenters. The minimum Gasteiger partial charge on any atom is -0.556 e. The lowest BCUT2D eigenvalue weighted by Gasteiger charge is -2.19. The van der Waals surface area contributed by atoms with Crippen molar-refractivity contribution in [3.05, 3.63) is 57.6 Å². The Bertz CT molecular complexity index is 676. The van der Waals surface area contributed by atoms with Crippen molar-refractivity contribution in [1.29, 1.82) is 0 Å². The molecule has 0 aromatic heterocycles. The Morgan fingerprint density at radius 1 is 0.957 bits per heavy atom. The quantitative estimate of drug-likeness (QED) is 0.714. The Kier molecular flexibility index (Phi) is 6.40. The second kappa shape index (κ2) is 8.10. The number of rotatable bonds is 6. The van der Waals surface area contributed by atoms with Crippen LogP contribution in [0.2, 0.25) is 16.4 Å². The zero-order valence-corrected chi connectivity index (χ0v) is 15.6. The predicted molar refractivity (Wildman–Crippen MR) is 102 cm³/mol. The first-order valence-electron chi connectivity index (χ1n) is 7.70. The molecule has 2 rings (SSSR count). The van der Waals surface area contributed by atoms with Crippen LogP contribution < -0.4 is 10.1 Å². The maximum Gasteiger partial charge on any atom is 0.392 e. The highest BCUT2D eigenvalue weighted by Gasteiger charge is 2.22. The van der Waals surface area contributed by atoms with E-state index in [2.05, 4.69) is 25.1 Å². The monoisotopic (exact) mass is 349 g/mol. The van der Waals surface area contributed by atoms with E-state index in [0.717, 1.165) is 45.2 Å². The predicted octanol–water partition coefficient (Wildman–Crippen LogP) is 4.45. The van der Waals surface area contributed by atoms with Crippen LogP contribution >= 0.6 is 23.2 Å². The molecule has 0 heterocycles. The third-order valence-corrected chi connectivity index (χ3v) is 4.64. The number of hydrogen-bond acceptors (Lipinski definition) is 2. The van der Waals surface area contributed by atoms with Crippen LogP contribution in [0.1, 0.15) is 11.1 Å². The van der Waals surface area contributed by atoms with Crippen molar-refractivity contribution in [3.8, 4) is 5.75 Å². The summed E-state index contributed by atoms with van der Waals surface area (Å²) in [6.45, 7) is 4.85. The summed E-state index contributed by atoms with van der Waals surface area (Å²) in [5.41, 5.74) is 3.20. The van der Waals surface area contributed by atoms with E-state index in [1.54, 1.807) is 0 Å². The van der Waals surface area contributed by atoms with Crippen LogP contribution in [0.3, 0.4) is 0 Å². The van der Waals surface area contributed by atoms with Gasteiger partial charge in [0.15, 0.2) is 0 Å². The molecule has 23 heavy (non-hydrogen) atoms. The maximum atomic E-state index is 6.28. The summed E-state index contributed by atoms with van der Waals surface area (Å²) in [6.07, 6.45) is 0.873. The molecule has 0 aliphatic carbocycles. The molecule has 0 N–H and O–H groups in total. The van der Waals surface area contributed by atoms with E-state index in [0.29, 0.717) is 0 Å². The molecule has 0 saturated carbocycles. The maximum absolute atomic E-state index is 6.28. The number of hydrogen-bond donors (Lipinski definition) is 0. The average Bonchev–Trinajstić information content (AvgIpc) is 2.50. The molecule has 122 valence electrons. The molecule has 0 aliphatic rings. The molecule has 0 bridgehead atoms. The molecule has 0 spiro atoms. The number of nitrogens with zero attached hydrogens (tertiary/aromatic N) is 1. The second-order valence-corrected chi connectivity index (χ2v) is 6.93. The van der Waals surface area contributed by atoms with Gasteiger partial charge in [-0.25, -0.2) is 0 Å². The number of benzene rings is 2. The van der Waals surface area contributed by atoms with Crippen LogP contribution in [0, 0.1) is 13.8 Å². The lowest BCUT2D eigenvalue weighted by atomic mass is 9.58. The largest absolute Gasteiger partial charge is 0.556 e. The Morgan fingerprint density at radius 2 is 1.57 bits per heavy atom. The van der Waals surface area contributed by atoms with Crippen molar-refractivity contribution in [1.82, 2.24) is 4.90 Å². The van der Waals surface area contributed by atoms with Crippen molar-refractivity contribution >= 4 is 35.6 Å². The topological polar surface area (TPSA) is 12.5 Å². The molecule has 2 aromatic carbocycles. The van der Waals surface area contributed by atoms with Gasteiger partial charge in [0.25, 0.3) is 0 Å². The zero-order valence-electron chi connectivity index (χ0n) is 14.1. The summed E-state index contributed by atoms with van der Waals surface area (Å²) < 4.78 is 6.21. The van der Waals surface area contributed by atoms with Gasteiger partial charge in [0.1, 0.15) is 5.75 Å². The van der Waals surface area contributed by atoms with E-state index < -0.39 is 0 Å². The van der Waals surface area contributed by atoms with Crippen LogP contribution in [0.5, 0.6) is 5.75 Å². The molecule has 0 amide bonds. The lowest BCUT2D eigenvalue weighted by molar-refractivity contribution is 0.425. The second-order valence-electron chi connectivity index (χ2n) is 6.12. The standard InChI is InChI=1S/C18H22BCl2NO/c1-13-5-7-15(11-17(13)20)19(9-10-22(3)4)23-16-8-6-14(2)18(21)12-16/h5-8,11-12H,9-10H2,1-4H3. The van der Waals surface area contributed by atoms with Crippen molar-refractivity contribution in [2.45, 2.75) is 20.2 Å². The van der Waals surface area contributed by atoms with Gasteiger partial charge in [0, 0.05) is 10.0 Å². The van der Waals surface area contributed by atoms with E-state index in [-0.39, 0.29) is 6.92 Å². The van der Waals surface area contributed by atoms with Gasteiger partial charge in [-0.05, 0) is 75.6 Å². The molecule has 0 radical (unpaired) electrons. The fraction of sp³-hybridized carbons (Fsp3) is 0.333. The van der Waals surface area contributed by atoms with Gasteiger partial charge in [-0.15, -0.1) is 0 Å². The highest BCUT2D eigenvalue weighted by atomic mass is 35.5. The summed E-state index contributed by atoms with van der Waals surface area (Å²) in [7, 11) is 4.11. The Hall–Kier alpha value is -1.16. The summed E-state index contributed by atoms with van der Waals surface area (Å²) in [5.74, 6) is 0.779. The van der Waals surface area contributed by atoms with Crippen molar-refractivity contribution in [2.24, 2.45) is 0 Å². The fourth-order valence-electron chi connectivity index (χ4n) is 2.29. The summed E-state index contributed by atoms with van der Waals surface area (Å²) in [4.78, 5) is 2.15. The van der Waals surface area contributed by atoms with E-state index in [1.807, 2.05) is 44.2 Å². The summed E-state index contributed by atoms with van der Waals surface area (Å²) in [5, 5.41) is 1.48. The van der Waals surface area contributed by atoms with Gasteiger partial charge in [-0.2, -0.15) is 0 Å². The van der Waals surface area contributed by atoms with Crippen LogP contribution in [0.25, 0.3) is 0 Å². The van der Waals surface area contributed by atoms with Crippen molar-refractivity contribution in [2.75, 3.05) is 20.6 Å². The smallest absolute Gasteiger partial charge is 0.392 e. The van der Waals surface area contributed by atoms with Gasteiger partial charge in [-0.1, -0.05) is 41.4 Å². The van der Waals surface area contributed by atoms with E-state index in [9.17, 15) is 0 Å². The first-order valence-corrected chi connectivity index (χ1v) is 8.46. The highest BCUT2D eigenvalue weighted by Crippen LogP contribution is 2.23. The first-order chi connectivity index (χ1) is 10.9. The fourth-order valence-corrected chi connectivity index (χ4v) is 2.65. The van der Waals surface area contributed by atoms with Crippen LogP contribution in [0.4, 0.5) is 0 Å². The third kappa shape index (κ3) is 5.17. The minimum atomic E-state index is -0.0609. The lowest BCUT2D eigenvalue weighted by Crippen LogP contribution is -2.39. The molecule has 2 nitrogen and oxygen atoms in total. The highest BCUT2D eigenvalue weighted by molar-refractivity contribution is 6.68. The average molecular weight is 350 g/mol. The molecule has 0 fully saturated rings. The van der Waals surface area contributed by atoms with Gasteiger partial charge < -0.3 is 9.55 Å². The molecule has 0 atom stereocenters. The van der Waals surface area contributed by atoms with Crippen molar-refractivity contribution < 1.29 is 4.65 Å². The first kappa shape index (κ1) is 18.2. The van der Waals surface area contributed by atoms with Crippen LogP contribution in [-0.4, -0.2) is 32.5 Å². The summed E-state index contributed by atoms with van der Waals surface area (Å²) >= 11 is 12.5. The molecule has 5 heteroatoms. The van der Waals surface area contributed by atoms with Crippen molar-refractivity contribution in [3.63, 3.8) is 0 Å². The molecule has 0 saturated heterocycles. The van der Waals surface area contributed by atoms with E-state index in [4.69, 9.17) is 27.9 Å². The Balaban J connectivity index is 2.25. The normalized spacial score (nSPS) is 10.9. The summed E-state index contributed by atoms with van der Waals surface area (Å²) in [6, 6.07) is 11.9. The Morgan fingerprint density at radius 3 is 2.13 bits per heavy atom. The third-order valence-electron chi connectivity index (χ3n) is 3.83. The Labute approximate surface area is 149 Å².